The highest BCUT2D eigenvalue weighted by Crippen LogP contribution is 2.30. The topological polar surface area (TPSA) is 105 Å². The normalized spacial score (nSPS) is 11.0. The van der Waals surface area contributed by atoms with E-state index in [1.165, 1.54) is 18.3 Å². The van der Waals surface area contributed by atoms with Crippen molar-refractivity contribution >= 4 is 20.9 Å². The van der Waals surface area contributed by atoms with Crippen molar-refractivity contribution in [2.45, 2.75) is 11.8 Å². The molecule has 8 heteroatoms. The molecule has 98 valence electrons. The van der Waals surface area contributed by atoms with Gasteiger partial charge in [-0.2, -0.15) is 0 Å². The third-order valence-corrected chi connectivity index (χ3v) is 3.61. The Morgan fingerprint density at radius 2 is 2.21 bits per heavy atom. The van der Waals surface area contributed by atoms with E-state index in [0.717, 1.165) is 0 Å². The van der Waals surface area contributed by atoms with Gasteiger partial charge in [-0.1, -0.05) is 0 Å². The summed E-state index contributed by atoms with van der Waals surface area (Å²) in [4.78, 5) is 6.36. The molecule has 19 heavy (non-hydrogen) atoms. The summed E-state index contributed by atoms with van der Waals surface area (Å²) >= 11 is 0. The molecule has 0 radical (unpaired) electrons. The van der Waals surface area contributed by atoms with E-state index in [9.17, 15) is 8.42 Å². The Morgan fingerprint density at radius 3 is 2.89 bits per heavy atom. The quantitative estimate of drug-likeness (QED) is 0.487. The SMILES string of the molecule is CCOc1ccc(S(=O)(=O)N=[N+]=[N-])c2cccnc12. The number of hydrogen-bond donors (Lipinski definition) is 0. The Hall–Kier alpha value is -2.31. The van der Waals surface area contributed by atoms with E-state index < -0.39 is 10.0 Å². The zero-order valence-electron chi connectivity index (χ0n) is 10.0. The molecule has 0 bridgehead atoms. The van der Waals surface area contributed by atoms with Crippen LogP contribution in [0.3, 0.4) is 0 Å². The second-order valence-corrected chi connectivity index (χ2v) is 5.09. The first-order chi connectivity index (χ1) is 9.10. The molecule has 1 aromatic carbocycles. The Balaban J connectivity index is 2.79. The number of nitrogens with zero attached hydrogens (tertiary/aromatic N) is 4. The second-order valence-electron chi connectivity index (χ2n) is 3.54. The van der Waals surface area contributed by atoms with Crippen molar-refractivity contribution in [3.05, 3.63) is 40.9 Å². The minimum absolute atomic E-state index is 0.0862. The van der Waals surface area contributed by atoms with Crippen LogP contribution in [0.4, 0.5) is 0 Å². The van der Waals surface area contributed by atoms with Crippen molar-refractivity contribution in [2.75, 3.05) is 6.61 Å². The highest BCUT2D eigenvalue weighted by atomic mass is 32.2. The number of rotatable bonds is 4. The first-order valence-corrected chi connectivity index (χ1v) is 6.86. The maximum absolute atomic E-state index is 11.8. The molecule has 1 heterocycles. The number of fused-ring (bicyclic) bond motifs is 1. The molecule has 7 nitrogen and oxygen atoms in total. The van der Waals surface area contributed by atoms with Crippen LogP contribution in [0, 0.1) is 0 Å². The molecule has 1 aromatic heterocycles. The minimum Gasteiger partial charge on any atom is -0.492 e. The molecule has 0 aliphatic carbocycles. The van der Waals surface area contributed by atoms with Crippen molar-refractivity contribution < 1.29 is 13.2 Å². The highest BCUT2D eigenvalue weighted by Gasteiger charge is 2.18. The Labute approximate surface area is 109 Å². The van der Waals surface area contributed by atoms with Gasteiger partial charge >= 0.3 is 0 Å². The van der Waals surface area contributed by atoms with E-state index in [0.29, 0.717) is 23.3 Å². The van der Waals surface area contributed by atoms with Crippen LogP contribution in [-0.2, 0) is 10.0 Å². The highest BCUT2D eigenvalue weighted by molar-refractivity contribution is 7.90. The van der Waals surface area contributed by atoms with Crippen molar-refractivity contribution in [1.29, 1.82) is 0 Å². The predicted octanol–water partition coefficient (Wildman–Crippen LogP) is 2.63. The maximum atomic E-state index is 11.8. The average Bonchev–Trinajstić information content (AvgIpc) is 2.39. The molecule has 0 saturated heterocycles. The van der Waals surface area contributed by atoms with Crippen molar-refractivity contribution in [1.82, 2.24) is 4.98 Å². The number of pyridine rings is 1. The molecule has 0 amide bonds. The first kappa shape index (κ1) is 13.1. The lowest BCUT2D eigenvalue weighted by Gasteiger charge is -2.09. The van der Waals surface area contributed by atoms with Crippen LogP contribution >= 0.6 is 0 Å². The van der Waals surface area contributed by atoms with Crippen molar-refractivity contribution in [3.63, 3.8) is 0 Å². The number of ether oxygens (including phenoxy) is 1. The lowest BCUT2D eigenvalue weighted by molar-refractivity contribution is 0.343. The van der Waals surface area contributed by atoms with Gasteiger partial charge in [0.2, 0.25) is 0 Å². The number of benzene rings is 1. The van der Waals surface area contributed by atoms with Gasteiger partial charge in [-0.3, -0.25) is 4.98 Å². The van der Waals surface area contributed by atoms with E-state index in [2.05, 4.69) is 14.4 Å². The van der Waals surface area contributed by atoms with E-state index >= 15 is 0 Å². The zero-order chi connectivity index (χ0) is 13.9. The number of sulfonamides is 1. The minimum atomic E-state index is -4.06. The third kappa shape index (κ3) is 2.44. The van der Waals surface area contributed by atoms with Crippen LogP contribution in [0.25, 0.3) is 21.3 Å². The monoisotopic (exact) mass is 278 g/mol. The summed E-state index contributed by atoms with van der Waals surface area (Å²) < 4.78 is 31.9. The standard InChI is InChI=1S/C11H10N4O3S/c1-2-18-9-5-6-10(19(16,17)15-14-12)8-4-3-7-13-11(8)9/h3-7H,2H2,1H3. The second kappa shape index (κ2) is 5.13. The van der Waals surface area contributed by atoms with Gasteiger partial charge in [0.25, 0.3) is 10.0 Å². The summed E-state index contributed by atoms with van der Waals surface area (Å²) in [6.07, 6.45) is 1.54. The van der Waals surface area contributed by atoms with Gasteiger partial charge in [-0.25, -0.2) is 8.42 Å². The predicted molar refractivity (Wildman–Crippen MR) is 69.2 cm³/mol. The van der Waals surface area contributed by atoms with E-state index in [-0.39, 0.29) is 4.90 Å². The molecule has 0 N–H and O–H groups in total. The largest absolute Gasteiger partial charge is 0.492 e. The van der Waals surface area contributed by atoms with Gasteiger partial charge in [0.15, 0.2) is 0 Å². The van der Waals surface area contributed by atoms with Crippen LogP contribution in [-0.4, -0.2) is 20.0 Å². The molecule has 0 aliphatic rings. The third-order valence-electron chi connectivity index (χ3n) is 2.41. The van der Waals surface area contributed by atoms with Gasteiger partial charge in [0, 0.05) is 21.0 Å². The molecule has 0 atom stereocenters. The maximum Gasteiger partial charge on any atom is 0.265 e. The van der Waals surface area contributed by atoms with Crippen LogP contribution < -0.4 is 4.74 Å². The Bertz CT molecular complexity index is 767. The zero-order valence-corrected chi connectivity index (χ0v) is 10.8. The van der Waals surface area contributed by atoms with Crippen LogP contribution in [0.1, 0.15) is 6.92 Å². The molecular weight excluding hydrogens is 268 g/mol. The fourth-order valence-electron chi connectivity index (χ4n) is 1.71. The van der Waals surface area contributed by atoms with E-state index in [1.807, 2.05) is 6.92 Å². The van der Waals surface area contributed by atoms with Crippen LogP contribution in [0.5, 0.6) is 5.75 Å². The fraction of sp³-hybridized carbons (Fsp3) is 0.182. The van der Waals surface area contributed by atoms with Gasteiger partial charge in [0.1, 0.15) is 11.3 Å². The first-order valence-electron chi connectivity index (χ1n) is 5.42. The van der Waals surface area contributed by atoms with E-state index in [4.69, 9.17) is 10.3 Å². The Morgan fingerprint density at radius 1 is 1.42 bits per heavy atom. The molecule has 0 fully saturated rings. The van der Waals surface area contributed by atoms with Gasteiger partial charge in [0.05, 0.1) is 11.5 Å². The van der Waals surface area contributed by atoms with Gasteiger partial charge < -0.3 is 4.74 Å². The van der Waals surface area contributed by atoms with Gasteiger partial charge in [-0.15, -0.1) is 0 Å². The molecule has 2 rings (SSSR count). The Kier molecular flexibility index (Phi) is 3.55. The summed E-state index contributed by atoms with van der Waals surface area (Å²) in [7, 11) is -4.06. The summed E-state index contributed by atoms with van der Waals surface area (Å²) in [5.41, 5.74) is 8.73. The van der Waals surface area contributed by atoms with E-state index in [1.54, 1.807) is 12.1 Å². The number of azide groups is 1. The summed E-state index contributed by atoms with van der Waals surface area (Å²) in [5.74, 6) is 0.484. The van der Waals surface area contributed by atoms with Crippen molar-refractivity contribution in [3.8, 4) is 5.75 Å². The molecule has 0 spiro atoms. The van der Waals surface area contributed by atoms with Gasteiger partial charge in [-0.05, 0) is 36.7 Å². The van der Waals surface area contributed by atoms with Crippen LogP contribution in [0.2, 0.25) is 0 Å². The number of aromatic nitrogens is 1. The lowest BCUT2D eigenvalue weighted by Crippen LogP contribution is -2.00. The lowest BCUT2D eigenvalue weighted by atomic mass is 10.2. The van der Waals surface area contributed by atoms with Crippen LogP contribution in [0.15, 0.2) is 39.9 Å². The molecular formula is C11H10N4O3S. The average molecular weight is 278 g/mol. The fourth-order valence-corrected chi connectivity index (χ4v) is 2.58. The molecule has 0 saturated carbocycles. The summed E-state index contributed by atoms with van der Waals surface area (Å²) in [6, 6.07) is 6.04. The molecule has 2 aromatic rings. The molecule has 0 unspecified atom stereocenters. The van der Waals surface area contributed by atoms with Crippen molar-refractivity contribution in [2.24, 2.45) is 4.52 Å². The number of hydrogen-bond acceptors (Lipinski definition) is 4. The molecule has 0 aliphatic heterocycles. The summed E-state index contributed by atoms with van der Waals surface area (Å²) in [5, 5.41) is 0.362. The summed E-state index contributed by atoms with van der Waals surface area (Å²) in [6.45, 7) is 2.26. The smallest absolute Gasteiger partial charge is 0.265 e.